The standard InChI is InChI=1S/C15H22N2O/c1-10-6-4-7-11(16)13(10)14(18)17-12-8-5-9-15(12,2)3/h4,6-7,12H,5,8-9,16H2,1-3H3,(H,17,18). The third-order valence-corrected chi connectivity index (χ3v) is 4.09. The Morgan fingerprint density at radius 1 is 1.44 bits per heavy atom. The zero-order chi connectivity index (χ0) is 13.3. The zero-order valence-electron chi connectivity index (χ0n) is 11.4. The molecule has 0 heterocycles. The predicted octanol–water partition coefficient (Wildman–Crippen LogP) is 2.89. The van der Waals surface area contributed by atoms with Gasteiger partial charge >= 0.3 is 0 Å². The van der Waals surface area contributed by atoms with Gasteiger partial charge in [-0.2, -0.15) is 0 Å². The van der Waals surface area contributed by atoms with Crippen molar-refractivity contribution in [2.24, 2.45) is 5.41 Å². The highest BCUT2D eigenvalue weighted by atomic mass is 16.1. The Labute approximate surface area is 109 Å². The highest BCUT2D eigenvalue weighted by Gasteiger charge is 2.35. The predicted molar refractivity (Wildman–Crippen MR) is 74.5 cm³/mol. The number of hydrogen-bond donors (Lipinski definition) is 2. The molecular weight excluding hydrogens is 224 g/mol. The lowest BCUT2D eigenvalue weighted by Gasteiger charge is -2.28. The summed E-state index contributed by atoms with van der Waals surface area (Å²) in [5.41, 5.74) is 8.21. The third-order valence-electron chi connectivity index (χ3n) is 4.09. The molecule has 1 fully saturated rings. The first-order valence-electron chi connectivity index (χ1n) is 6.58. The average molecular weight is 246 g/mol. The normalized spacial score (nSPS) is 21.8. The number of nitrogens with one attached hydrogen (secondary N) is 1. The van der Waals surface area contributed by atoms with Gasteiger partial charge in [0, 0.05) is 11.7 Å². The van der Waals surface area contributed by atoms with Crippen LogP contribution in [-0.4, -0.2) is 11.9 Å². The second kappa shape index (κ2) is 4.63. The van der Waals surface area contributed by atoms with Crippen molar-refractivity contribution in [2.45, 2.75) is 46.1 Å². The minimum Gasteiger partial charge on any atom is -0.398 e. The maximum atomic E-state index is 12.3. The van der Waals surface area contributed by atoms with Gasteiger partial charge in [-0.05, 0) is 36.8 Å². The molecule has 1 aromatic rings. The summed E-state index contributed by atoms with van der Waals surface area (Å²) in [5, 5.41) is 3.15. The van der Waals surface area contributed by atoms with Gasteiger partial charge in [0.2, 0.25) is 0 Å². The fraction of sp³-hybridized carbons (Fsp3) is 0.533. The first-order valence-corrected chi connectivity index (χ1v) is 6.58. The van der Waals surface area contributed by atoms with Crippen molar-refractivity contribution in [1.29, 1.82) is 0 Å². The number of hydrogen-bond acceptors (Lipinski definition) is 2. The Balaban J connectivity index is 2.18. The summed E-state index contributed by atoms with van der Waals surface area (Å²) in [4.78, 5) is 12.3. The van der Waals surface area contributed by atoms with Crippen molar-refractivity contribution in [3.05, 3.63) is 29.3 Å². The Bertz CT molecular complexity index is 445. The number of benzene rings is 1. The molecule has 1 saturated carbocycles. The molecule has 0 aliphatic heterocycles. The maximum Gasteiger partial charge on any atom is 0.253 e. The molecule has 0 bridgehead atoms. The number of anilines is 1. The van der Waals surface area contributed by atoms with Gasteiger partial charge in [0.1, 0.15) is 0 Å². The molecule has 1 amide bonds. The monoisotopic (exact) mass is 246 g/mol. The molecule has 1 atom stereocenters. The number of amides is 1. The second-order valence-corrected chi connectivity index (χ2v) is 5.95. The Morgan fingerprint density at radius 2 is 2.17 bits per heavy atom. The summed E-state index contributed by atoms with van der Waals surface area (Å²) in [6.45, 7) is 6.35. The Kier molecular flexibility index (Phi) is 3.33. The van der Waals surface area contributed by atoms with Crippen molar-refractivity contribution in [3.63, 3.8) is 0 Å². The van der Waals surface area contributed by atoms with Crippen LogP contribution in [0.1, 0.15) is 49.0 Å². The van der Waals surface area contributed by atoms with Gasteiger partial charge in [-0.25, -0.2) is 0 Å². The molecule has 1 aromatic carbocycles. The van der Waals surface area contributed by atoms with Crippen LogP contribution < -0.4 is 11.1 Å². The molecule has 1 unspecified atom stereocenters. The van der Waals surface area contributed by atoms with Crippen molar-refractivity contribution in [2.75, 3.05) is 5.73 Å². The van der Waals surface area contributed by atoms with E-state index in [4.69, 9.17) is 5.73 Å². The molecule has 98 valence electrons. The number of nitrogens with two attached hydrogens (primary N) is 1. The van der Waals surface area contributed by atoms with E-state index in [0.717, 1.165) is 12.0 Å². The summed E-state index contributed by atoms with van der Waals surface area (Å²) < 4.78 is 0. The summed E-state index contributed by atoms with van der Waals surface area (Å²) in [6, 6.07) is 5.83. The molecule has 0 saturated heterocycles. The lowest BCUT2D eigenvalue weighted by Crippen LogP contribution is -2.41. The van der Waals surface area contributed by atoms with E-state index in [1.54, 1.807) is 6.07 Å². The van der Waals surface area contributed by atoms with Gasteiger partial charge in [-0.1, -0.05) is 32.4 Å². The van der Waals surface area contributed by atoms with Crippen molar-refractivity contribution >= 4 is 11.6 Å². The zero-order valence-corrected chi connectivity index (χ0v) is 11.4. The van der Waals surface area contributed by atoms with Gasteiger partial charge in [-0.3, -0.25) is 4.79 Å². The Hall–Kier alpha value is -1.51. The van der Waals surface area contributed by atoms with Crippen LogP contribution in [0.15, 0.2) is 18.2 Å². The van der Waals surface area contributed by atoms with E-state index in [-0.39, 0.29) is 17.4 Å². The smallest absolute Gasteiger partial charge is 0.253 e. The van der Waals surface area contributed by atoms with Crippen LogP contribution in [0.2, 0.25) is 0 Å². The largest absolute Gasteiger partial charge is 0.398 e. The van der Waals surface area contributed by atoms with Crippen LogP contribution in [0.3, 0.4) is 0 Å². The van der Waals surface area contributed by atoms with Gasteiger partial charge in [0.05, 0.1) is 5.56 Å². The van der Waals surface area contributed by atoms with Crippen LogP contribution in [0.5, 0.6) is 0 Å². The van der Waals surface area contributed by atoms with E-state index in [1.807, 2.05) is 19.1 Å². The van der Waals surface area contributed by atoms with E-state index in [1.165, 1.54) is 12.8 Å². The van der Waals surface area contributed by atoms with E-state index in [9.17, 15) is 4.79 Å². The molecular formula is C15H22N2O. The van der Waals surface area contributed by atoms with Crippen molar-refractivity contribution in [1.82, 2.24) is 5.32 Å². The topological polar surface area (TPSA) is 55.1 Å². The second-order valence-electron chi connectivity index (χ2n) is 5.95. The fourth-order valence-electron chi connectivity index (χ4n) is 2.83. The van der Waals surface area contributed by atoms with Crippen LogP contribution in [-0.2, 0) is 0 Å². The number of carbonyl (C=O) groups is 1. The molecule has 3 N–H and O–H groups in total. The molecule has 0 radical (unpaired) electrons. The van der Waals surface area contributed by atoms with Gasteiger partial charge in [0.25, 0.3) is 5.91 Å². The molecule has 3 nitrogen and oxygen atoms in total. The highest BCUT2D eigenvalue weighted by molar-refractivity contribution is 6.00. The van der Waals surface area contributed by atoms with Crippen LogP contribution >= 0.6 is 0 Å². The van der Waals surface area contributed by atoms with Crippen molar-refractivity contribution < 1.29 is 4.79 Å². The molecule has 0 aromatic heterocycles. The molecule has 2 rings (SSSR count). The molecule has 1 aliphatic carbocycles. The van der Waals surface area contributed by atoms with E-state index in [2.05, 4.69) is 19.2 Å². The van der Waals surface area contributed by atoms with Crippen molar-refractivity contribution in [3.8, 4) is 0 Å². The lowest BCUT2D eigenvalue weighted by atomic mass is 9.87. The van der Waals surface area contributed by atoms with Crippen LogP contribution in [0, 0.1) is 12.3 Å². The summed E-state index contributed by atoms with van der Waals surface area (Å²) >= 11 is 0. The summed E-state index contributed by atoms with van der Waals surface area (Å²) in [7, 11) is 0. The van der Waals surface area contributed by atoms with E-state index >= 15 is 0 Å². The van der Waals surface area contributed by atoms with Crippen LogP contribution in [0.4, 0.5) is 5.69 Å². The molecule has 0 spiro atoms. The summed E-state index contributed by atoms with van der Waals surface area (Å²) in [5.74, 6) is -0.0365. The number of nitrogen functional groups attached to an aromatic ring is 1. The van der Waals surface area contributed by atoms with E-state index in [0.29, 0.717) is 11.3 Å². The number of carbonyl (C=O) groups excluding carboxylic acids is 1. The van der Waals surface area contributed by atoms with Gasteiger partial charge in [-0.15, -0.1) is 0 Å². The Morgan fingerprint density at radius 3 is 2.72 bits per heavy atom. The van der Waals surface area contributed by atoms with E-state index < -0.39 is 0 Å². The third kappa shape index (κ3) is 2.35. The SMILES string of the molecule is Cc1cccc(N)c1C(=O)NC1CCCC1(C)C. The minimum absolute atomic E-state index is 0.0365. The number of aryl methyl sites for hydroxylation is 1. The highest BCUT2D eigenvalue weighted by Crippen LogP contribution is 2.37. The molecule has 3 heteroatoms. The first-order chi connectivity index (χ1) is 8.42. The number of rotatable bonds is 2. The maximum absolute atomic E-state index is 12.3. The lowest BCUT2D eigenvalue weighted by molar-refractivity contribution is 0.0910. The first kappa shape index (κ1) is 12.9. The van der Waals surface area contributed by atoms with Crippen LogP contribution in [0.25, 0.3) is 0 Å². The fourth-order valence-corrected chi connectivity index (χ4v) is 2.83. The molecule has 1 aliphatic rings. The summed E-state index contributed by atoms with van der Waals surface area (Å²) in [6.07, 6.45) is 3.41. The average Bonchev–Trinajstić information content (AvgIpc) is 2.58. The quantitative estimate of drug-likeness (QED) is 0.788. The molecule has 18 heavy (non-hydrogen) atoms. The van der Waals surface area contributed by atoms with Gasteiger partial charge in [0.15, 0.2) is 0 Å². The minimum atomic E-state index is -0.0365. The van der Waals surface area contributed by atoms with Gasteiger partial charge < -0.3 is 11.1 Å².